The maximum atomic E-state index is 13.3. The van der Waals surface area contributed by atoms with Gasteiger partial charge >= 0.3 is 6.03 Å². The average Bonchev–Trinajstić information content (AvgIpc) is 2.66. The minimum atomic E-state index is -0.433. The third kappa shape index (κ3) is 5.35. The van der Waals surface area contributed by atoms with Crippen LogP contribution in [-0.4, -0.2) is 33.9 Å². The van der Waals surface area contributed by atoms with Crippen LogP contribution in [-0.2, 0) is 11.3 Å². The summed E-state index contributed by atoms with van der Waals surface area (Å²) >= 11 is 0. The summed E-state index contributed by atoms with van der Waals surface area (Å²) in [5.41, 5.74) is 1.53. The number of rotatable bonds is 8. The van der Waals surface area contributed by atoms with Gasteiger partial charge in [0, 0.05) is 20.2 Å². The molecule has 0 radical (unpaired) electrons. The second-order valence-electron chi connectivity index (χ2n) is 5.53. The molecule has 6 nitrogen and oxygen atoms in total. The lowest BCUT2D eigenvalue weighted by Crippen LogP contribution is -2.37. The lowest BCUT2D eigenvalue weighted by atomic mass is 10.1. The summed E-state index contributed by atoms with van der Waals surface area (Å²) in [6.45, 7) is 0.543. The molecule has 0 heterocycles. The highest BCUT2D eigenvalue weighted by Gasteiger charge is 2.13. The highest BCUT2D eigenvalue weighted by atomic mass is 19.1. The van der Waals surface area contributed by atoms with Gasteiger partial charge in [0.15, 0.2) is 11.5 Å². The number of halogens is 1. The summed E-state index contributed by atoms with van der Waals surface area (Å²) < 4.78 is 29.0. The molecule has 0 aliphatic heterocycles. The number of carbonyl (C=O) groups excluding carboxylic acids is 1. The van der Waals surface area contributed by atoms with Crippen molar-refractivity contribution in [2.45, 2.75) is 12.6 Å². The van der Waals surface area contributed by atoms with E-state index in [2.05, 4.69) is 10.6 Å². The summed E-state index contributed by atoms with van der Waals surface area (Å²) in [4.78, 5) is 12.0. The molecule has 1 atom stereocenters. The third-order valence-corrected chi connectivity index (χ3v) is 3.85. The van der Waals surface area contributed by atoms with E-state index in [4.69, 9.17) is 14.2 Å². The zero-order valence-corrected chi connectivity index (χ0v) is 15.0. The molecule has 2 aromatic carbocycles. The Bertz CT molecular complexity index is 739. The first-order valence-corrected chi connectivity index (χ1v) is 8.08. The molecular weight excluding hydrogens is 339 g/mol. The Hall–Kier alpha value is -2.80. The van der Waals surface area contributed by atoms with Gasteiger partial charge in [-0.1, -0.05) is 18.2 Å². The van der Waals surface area contributed by atoms with E-state index < -0.39 is 6.10 Å². The van der Waals surface area contributed by atoms with Gasteiger partial charge in [-0.05, 0) is 35.4 Å². The number of nitrogens with one attached hydrogen (secondary N) is 2. The van der Waals surface area contributed by atoms with Gasteiger partial charge in [0.1, 0.15) is 5.82 Å². The zero-order valence-electron chi connectivity index (χ0n) is 15.0. The van der Waals surface area contributed by atoms with Crippen LogP contribution in [0.3, 0.4) is 0 Å². The van der Waals surface area contributed by atoms with Crippen LogP contribution in [0.25, 0.3) is 0 Å². The fourth-order valence-corrected chi connectivity index (χ4v) is 2.46. The highest BCUT2D eigenvalue weighted by Crippen LogP contribution is 2.27. The fourth-order valence-electron chi connectivity index (χ4n) is 2.46. The van der Waals surface area contributed by atoms with Gasteiger partial charge in [-0.3, -0.25) is 0 Å². The van der Waals surface area contributed by atoms with E-state index in [1.807, 2.05) is 6.07 Å². The van der Waals surface area contributed by atoms with Crippen LogP contribution in [0.1, 0.15) is 17.2 Å². The zero-order chi connectivity index (χ0) is 18.9. The first kappa shape index (κ1) is 19.5. The lowest BCUT2D eigenvalue weighted by molar-refractivity contribution is 0.103. The lowest BCUT2D eigenvalue weighted by Gasteiger charge is -2.17. The third-order valence-electron chi connectivity index (χ3n) is 3.85. The largest absolute Gasteiger partial charge is 0.493 e. The van der Waals surface area contributed by atoms with Crippen molar-refractivity contribution in [2.24, 2.45) is 0 Å². The molecule has 0 aliphatic rings. The molecule has 0 fully saturated rings. The maximum absolute atomic E-state index is 13.3. The number of urea groups is 1. The molecule has 0 saturated heterocycles. The van der Waals surface area contributed by atoms with Gasteiger partial charge in [-0.2, -0.15) is 0 Å². The summed E-state index contributed by atoms with van der Waals surface area (Å²) in [5, 5.41) is 5.47. The van der Waals surface area contributed by atoms with Gasteiger partial charge in [0.25, 0.3) is 0 Å². The van der Waals surface area contributed by atoms with Crippen LogP contribution in [0, 0.1) is 5.82 Å². The van der Waals surface area contributed by atoms with Crippen LogP contribution in [0.4, 0.5) is 9.18 Å². The molecule has 140 valence electrons. The van der Waals surface area contributed by atoms with Gasteiger partial charge in [-0.15, -0.1) is 0 Å². The molecule has 0 spiro atoms. The molecule has 0 saturated carbocycles. The molecule has 26 heavy (non-hydrogen) atoms. The number of carbonyl (C=O) groups is 1. The first-order valence-electron chi connectivity index (χ1n) is 8.08. The van der Waals surface area contributed by atoms with Crippen LogP contribution in [0.5, 0.6) is 11.5 Å². The molecule has 2 N–H and O–H groups in total. The van der Waals surface area contributed by atoms with Crippen molar-refractivity contribution in [3.8, 4) is 11.5 Å². The Morgan fingerprint density at radius 2 is 1.81 bits per heavy atom. The molecule has 2 aromatic rings. The van der Waals surface area contributed by atoms with Crippen molar-refractivity contribution >= 4 is 6.03 Å². The van der Waals surface area contributed by atoms with Crippen LogP contribution in [0.15, 0.2) is 42.5 Å². The molecule has 2 rings (SSSR count). The molecule has 0 bridgehead atoms. The predicted molar refractivity (Wildman–Crippen MR) is 95.9 cm³/mol. The Morgan fingerprint density at radius 1 is 1.04 bits per heavy atom. The average molecular weight is 362 g/mol. The number of benzene rings is 2. The summed E-state index contributed by atoms with van der Waals surface area (Å²) in [6, 6.07) is 11.2. The highest BCUT2D eigenvalue weighted by molar-refractivity contribution is 5.73. The van der Waals surface area contributed by atoms with Crippen molar-refractivity contribution in [3.05, 3.63) is 59.4 Å². The normalized spacial score (nSPS) is 11.5. The van der Waals surface area contributed by atoms with E-state index in [9.17, 15) is 9.18 Å². The van der Waals surface area contributed by atoms with E-state index in [-0.39, 0.29) is 18.4 Å². The van der Waals surface area contributed by atoms with E-state index in [1.54, 1.807) is 38.5 Å². The summed E-state index contributed by atoms with van der Waals surface area (Å²) in [7, 11) is 4.63. The van der Waals surface area contributed by atoms with Gasteiger partial charge in [-0.25, -0.2) is 9.18 Å². The number of methoxy groups -OCH3 is 3. The Balaban J connectivity index is 1.86. The Morgan fingerprint density at radius 3 is 2.46 bits per heavy atom. The standard InChI is InChI=1S/C19H23FN2O4/c1-24-16-8-7-13(9-17(16)25-2)11-21-19(23)22-12-18(26-3)14-5-4-6-15(20)10-14/h4-10,18H,11-12H2,1-3H3,(H2,21,22,23)/t18-/m1/s1. The Labute approximate surface area is 152 Å². The summed E-state index contributed by atoms with van der Waals surface area (Å²) in [5.74, 6) is 0.874. The van der Waals surface area contributed by atoms with Crippen molar-refractivity contribution < 1.29 is 23.4 Å². The molecule has 0 aliphatic carbocycles. The number of hydrogen-bond acceptors (Lipinski definition) is 4. The maximum Gasteiger partial charge on any atom is 0.315 e. The number of hydrogen-bond donors (Lipinski definition) is 2. The van der Waals surface area contributed by atoms with E-state index in [0.29, 0.717) is 23.6 Å². The quantitative estimate of drug-likeness (QED) is 0.757. The van der Waals surface area contributed by atoms with Crippen molar-refractivity contribution in [1.29, 1.82) is 0 Å². The van der Waals surface area contributed by atoms with E-state index in [0.717, 1.165) is 5.56 Å². The van der Waals surface area contributed by atoms with Crippen LogP contribution < -0.4 is 20.1 Å². The van der Waals surface area contributed by atoms with Gasteiger partial charge in [0.05, 0.1) is 20.3 Å². The molecule has 2 amide bonds. The SMILES string of the molecule is COc1ccc(CNC(=O)NC[C@@H](OC)c2cccc(F)c2)cc1OC. The van der Waals surface area contributed by atoms with E-state index >= 15 is 0 Å². The van der Waals surface area contributed by atoms with Gasteiger partial charge in [0.2, 0.25) is 0 Å². The van der Waals surface area contributed by atoms with Gasteiger partial charge < -0.3 is 24.8 Å². The predicted octanol–water partition coefficient (Wildman–Crippen LogP) is 3.03. The first-order chi connectivity index (χ1) is 12.6. The number of ether oxygens (including phenoxy) is 3. The van der Waals surface area contributed by atoms with Crippen molar-refractivity contribution in [1.82, 2.24) is 10.6 Å². The molecule has 7 heteroatoms. The molecule has 0 unspecified atom stereocenters. The minimum Gasteiger partial charge on any atom is -0.493 e. The second kappa shape index (κ2) is 9.62. The fraction of sp³-hybridized carbons (Fsp3) is 0.316. The smallest absolute Gasteiger partial charge is 0.315 e. The number of amides is 2. The second-order valence-corrected chi connectivity index (χ2v) is 5.53. The minimum absolute atomic E-state index is 0.220. The van der Waals surface area contributed by atoms with Crippen LogP contribution in [0.2, 0.25) is 0 Å². The monoisotopic (exact) mass is 362 g/mol. The summed E-state index contributed by atoms with van der Waals surface area (Å²) in [6.07, 6.45) is -0.433. The molecule has 0 aromatic heterocycles. The Kier molecular flexibility index (Phi) is 7.23. The topological polar surface area (TPSA) is 68.8 Å². The van der Waals surface area contributed by atoms with Crippen LogP contribution >= 0.6 is 0 Å². The van der Waals surface area contributed by atoms with Crippen molar-refractivity contribution in [3.63, 3.8) is 0 Å². The van der Waals surface area contributed by atoms with Crippen molar-refractivity contribution in [2.75, 3.05) is 27.9 Å². The molecular formula is C19H23FN2O4. The van der Waals surface area contributed by atoms with E-state index in [1.165, 1.54) is 19.2 Å².